The van der Waals surface area contributed by atoms with Crippen LogP contribution >= 0.6 is 11.3 Å². The van der Waals surface area contributed by atoms with Crippen LogP contribution in [-0.4, -0.2) is 23.3 Å². The Morgan fingerprint density at radius 3 is 2.92 bits per heavy atom. The van der Waals surface area contributed by atoms with Gasteiger partial charge in [0.1, 0.15) is 10.8 Å². The highest BCUT2D eigenvalue weighted by atomic mass is 32.1. The van der Waals surface area contributed by atoms with Crippen molar-refractivity contribution in [2.75, 3.05) is 11.4 Å². The third-order valence-corrected chi connectivity index (χ3v) is 5.01. The Labute approximate surface area is 143 Å². The molecule has 0 radical (unpaired) electrons. The zero-order chi connectivity index (χ0) is 17.3. The van der Waals surface area contributed by atoms with Crippen LogP contribution in [0, 0.1) is 25.6 Å². The summed E-state index contributed by atoms with van der Waals surface area (Å²) in [6.45, 7) is 4.20. The average molecular weight is 347 g/mol. The first-order valence-corrected chi connectivity index (χ1v) is 8.57. The topological polar surface area (TPSA) is 62.3 Å². The predicted molar refractivity (Wildman–Crippen MR) is 90.3 cm³/mol. The van der Waals surface area contributed by atoms with Gasteiger partial charge in [-0.2, -0.15) is 0 Å². The molecule has 0 aliphatic carbocycles. The fourth-order valence-corrected chi connectivity index (χ4v) is 3.38. The Balaban J connectivity index is 1.63. The van der Waals surface area contributed by atoms with E-state index < -0.39 is 5.92 Å². The van der Waals surface area contributed by atoms with Crippen LogP contribution in [0.5, 0.6) is 0 Å². The zero-order valence-electron chi connectivity index (χ0n) is 13.5. The lowest BCUT2D eigenvalue weighted by Gasteiger charge is -2.17. The highest BCUT2D eigenvalue weighted by Crippen LogP contribution is 2.26. The van der Waals surface area contributed by atoms with Crippen LogP contribution in [0.25, 0.3) is 0 Å². The van der Waals surface area contributed by atoms with Gasteiger partial charge in [-0.15, -0.1) is 11.3 Å². The number of hydrogen-bond donors (Lipinski definition) is 1. The van der Waals surface area contributed by atoms with Crippen LogP contribution in [0.3, 0.4) is 0 Å². The van der Waals surface area contributed by atoms with Crippen molar-refractivity contribution < 1.29 is 14.0 Å². The molecule has 1 aliphatic rings. The molecule has 24 heavy (non-hydrogen) atoms. The van der Waals surface area contributed by atoms with Gasteiger partial charge in [-0.1, -0.05) is 6.07 Å². The third-order valence-electron chi connectivity index (χ3n) is 4.04. The van der Waals surface area contributed by atoms with Gasteiger partial charge in [0.25, 0.3) is 0 Å². The van der Waals surface area contributed by atoms with Crippen molar-refractivity contribution in [1.82, 2.24) is 10.3 Å². The summed E-state index contributed by atoms with van der Waals surface area (Å²) in [5.74, 6) is -1.12. The van der Waals surface area contributed by atoms with Crippen molar-refractivity contribution in [3.05, 3.63) is 45.7 Å². The number of aromatic nitrogens is 1. The SMILES string of the molecule is Cc1csc(CNC(=O)[C@@H]2CC(=O)N(c3ccc(C)c(F)c3)C2)n1. The molecule has 1 fully saturated rings. The van der Waals surface area contributed by atoms with Crippen LogP contribution in [-0.2, 0) is 16.1 Å². The molecule has 1 atom stereocenters. The van der Waals surface area contributed by atoms with E-state index in [1.54, 1.807) is 19.1 Å². The Hall–Kier alpha value is -2.28. The van der Waals surface area contributed by atoms with Crippen molar-refractivity contribution in [2.45, 2.75) is 26.8 Å². The van der Waals surface area contributed by atoms with Gasteiger partial charge in [0, 0.05) is 29.7 Å². The van der Waals surface area contributed by atoms with Gasteiger partial charge in [0.2, 0.25) is 11.8 Å². The summed E-state index contributed by atoms with van der Waals surface area (Å²) < 4.78 is 13.7. The van der Waals surface area contributed by atoms with Crippen molar-refractivity contribution in [3.63, 3.8) is 0 Å². The molecule has 2 heterocycles. The van der Waals surface area contributed by atoms with Gasteiger partial charge in [0.05, 0.1) is 12.5 Å². The Morgan fingerprint density at radius 2 is 2.25 bits per heavy atom. The van der Waals surface area contributed by atoms with Crippen LogP contribution in [0.1, 0.15) is 22.7 Å². The molecule has 1 N–H and O–H groups in total. The number of hydrogen-bond acceptors (Lipinski definition) is 4. The number of carbonyl (C=O) groups is 2. The van der Waals surface area contributed by atoms with E-state index in [1.807, 2.05) is 12.3 Å². The Bertz CT molecular complexity index is 790. The molecule has 1 aromatic heterocycles. The second kappa shape index (κ2) is 6.68. The van der Waals surface area contributed by atoms with Gasteiger partial charge in [-0.05, 0) is 31.5 Å². The molecule has 1 aromatic carbocycles. The molecule has 126 valence electrons. The Kier molecular flexibility index (Phi) is 4.62. The van der Waals surface area contributed by atoms with Crippen molar-refractivity contribution in [2.24, 2.45) is 5.92 Å². The lowest BCUT2D eigenvalue weighted by Crippen LogP contribution is -2.32. The van der Waals surface area contributed by atoms with E-state index in [1.165, 1.54) is 22.3 Å². The molecule has 1 saturated heterocycles. The molecule has 2 amide bonds. The lowest BCUT2D eigenvalue weighted by molar-refractivity contribution is -0.126. The quantitative estimate of drug-likeness (QED) is 0.925. The second-order valence-electron chi connectivity index (χ2n) is 5.94. The molecule has 1 aliphatic heterocycles. The standard InChI is InChI=1S/C17H18FN3O2S/c1-10-3-4-13(6-14(10)18)21-8-12(5-16(21)22)17(23)19-7-15-20-11(2)9-24-15/h3-4,6,9,12H,5,7-8H2,1-2H3,(H,19,23)/t12-/m1/s1. The number of benzene rings is 1. The Morgan fingerprint density at radius 1 is 1.46 bits per heavy atom. The molecule has 5 nitrogen and oxygen atoms in total. The molecule has 7 heteroatoms. The average Bonchev–Trinajstić information content (AvgIpc) is 3.14. The predicted octanol–water partition coefficient (Wildman–Crippen LogP) is 2.57. The molecule has 0 saturated carbocycles. The fraction of sp³-hybridized carbons (Fsp3) is 0.353. The lowest BCUT2D eigenvalue weighted by atomic mass is 10.1. The van der Waals surface area contributed by atoms with E-state index >= 15 is 0 Å². The number of thiazole rings is 1. The van der Waals surface area contributed by atoms with Crippen LogP contribution in [0.2, 0.25) is 0 Å². The van der Waals surface area contributed by atoms with Crippen molar-refractivity contribution >= 4 is 28.8 Å². The first-order chi connectivity index (χ1) is 11.4. The maximum atomic E-state index is 13.7. The number of rotatable bonds is 4. The van der Waals surface area contributed by atoms with Crippen LogP contribution in [0.4, 0.5) is 10.1 Å². The van der Waals surface area contributed by atoms with Gasteiger partial charge < -0.3 is 10.2 Å². The number of carbonyl (C=O) groups excluding carboxylic acids is 2. The summed E-state index contributed by atoms with van der Waals surface area (Å²) in [4.78, 5) is 30.2. The summed E-state index contributed by atoms with van der Waals surface area (Å²) in [5.41, 5.74) is 1.94. The normalized spacial score (nSPS) is 17.4. The van der Waals surface area contributed by atoms with Crippen molar-refractivity contribution in [1.29, 1.82) is 0 Å². The molecule has 0 unspecified atom stereocenters. The zero-order valence-corrected chi connectivity index (χ0v) is 14.3. The van der Waals surface area contributed by atoms with Gasteiger partial charge in [0.15, 0.2) is 0 Å². The number of nitrogens with zero attached hydrogens (tertiary/aromatic N) is 2. The van der Waals surface area contributed by atoms with E-state index in [2.05, 4.69) is 10.3 Å². The van der Waals surface area contributed by atoms with Crippen LogP contribution < -0.4 is 10.2 Å². The minimum Gasteiger partial charge on any atom is -0.349 e. The van der Waals surface area contributed by atoms with Gasteiger partial charge in [-0.3, -0.25) is 9.59 Å². The number of anilines is 1. The van der Waals surface area contributed by atoms with Gasteiger partial charge in [-0.25, -0.2) is 9.37 Å². The summed E-state index contributed by atoms with van der Waals surface area (Å²) in [6, 6.07) is 4.68. The van der Waals surface area contributed by atoms with E-state index in [0.717, 1.165) is 10.7 Å². The largest absolute Gasteiger partial charge is 0.349 e. The minimum atomic E-state index is -0.428. The molecular weight excluding hydrogens is 329 g/mol. The monoisotopic (exact) mass is 347 g/mol. The van der Waals surface area contributed by atoms with Crippen LogP contribution in [0.15, 0.2) is 23.6 Å². The highest BCUT2D eigenvalue weighted by molar-refractivity contribution is 7.09. The maximum absolute atomic E-state index is 13.7. The highest BCUT2D eigenvalue weighted by Gasteiger charge is 2.35. The molecule has 0 bridgehead atoms. The smallest absolute Gasteiger partial charge is 0.227 e. The minimum absolute atomic E-state index is 0.137. The first-order valence-electron chi connectivity index (χ1n) is 7.69. The first kappa shape index (κ1) is 16.6. The van der Waals surface area contributed by atoms with E-state index in [4.69, 9.17) is 0 Å². The van der Waals surface area contributed by atoms with E-state index in [9.17, 15) is 14.0 Å². The third kappa shape index (κ3) is 3.46. The molecular formula is C17H18FN3O2S. The second-order valence-corrected chi connectivity index (χ2v) is 6.88. The summed E-state index contributed by atoms with van der Waals surface area (Å²) >= 11 is 1.49. The van der Waals surface area contributed by atoms with Crippen molar-refractivity contribution in [3.8, 4) is 0 Å². The fourth-order valence-electron chi connectivity index (χ4n) is 2.67. The number of nitrogens with one attached hydrogen (secondary N) is 1. The molecule has 2 aromatic rings. The maximum Gasteiger partial charge on any atom is 0.227 e. The number of halogens is 1. The summed E-state index contributed by atoms with van der Waals surface area (Å²) in [6.07, 6.45) is 0.137. The van der Waals surface area contributed by atoms with E-state index in [-0.39, 0.29) is 30.6 Å². The number of amides is 2. The van der Waals surface area contributed by atoms with E-state index in [0.29, 0.717) is 17.8 Å². The van der Waals surface area contributed by atoms with Gasteiger partial charge >= 0.3 is 0 Å². The summed E-state index contributed by atoms with van der Waals surface area (Å²) in [5, 5.41) is 5.58. The molecule has 0 spiro atoms. The molecule has 3 rings (SSSR count). The number of aryl methyl sites for hydroxylation is 2. The summed E-state index contributed by atoms with van der Waals surface area (Å²) in [7, 11) is 0.